The molecule has 2 rings (SSSR count). The Hall–Kier alpha value is -2.77. The fourth-order valence-corrected chi connectivity index (χ4v) is 1.94. The lowest BCUT2D eigenvalue weighted by Gasteiger charge is -2.12. The number of fused-ring (bicyclic) bond motifs is 1. The summed E-state index contributed by atoms with van der Waals surface area (Å²) < 4.78 is 1.40. The molecular formula is C13H16N4O4. The van der Waals surface area contributed by atoms with Crippen LogP contribution in [-0.4, -0.2) is 52.2 Å². The van der Waals surface area contributed by atoms with E-state index in [1.54, 1.807) is 20.2 Å². The highest BCUT2D eigenvalue weighted by atomic mass is 16.4. The van der Waals surface area contributed by atoms with Crippen LogP contribution in [0.25, 0.3) is 11.0 Å². The molecule has 1 aromatic carbocycles. The van der Waals surface area contributed by atoms with Gasteiger partial charge in [-0.1, -0.05) is 0 Å². The van der Waals surface area contributed by atoms with E-state index in [-0.39, 0.29) is 30.4 Å². The van der Waals surface area contributed by atoms with E-state index in [1.807, 2.05) is 0 Å². The third kappa shape index (κ3) is 3.04. The summed E-state index contributed by atoms with van der Waals surface area (Å²) in [6.45, 7) is 0.517. The Morgan fingerprint density at radius 3 is 2.71 bits per heavy atom. The Balaban J connectivity index is 2.24. The van der Waals surface area contributed by atoms with Crippen LogP contribution in [0.1, 0.15) is 10.4 Å². The number of hydrogen-bond acceptors (Lipinski definition) is 3. The number of aromatic carboxylic acids is 1. The number of carboxylic acid groups (broad SMARTS) is 1. The average molecular weight is 292 g/mol. The minimum atomic E-state index is -1.06. The van der Waals surface area contributed by atoms with E-state index in [0.717, 1.165) is 0 Å². The summed E-state index contributed by atoms with van der Waals surface area (Å²) in [6.07, 6.45) is 0. The van der Waals surface area contributed by atoms with Crippen LogP contribution in [0.3, 0.4) is 0 Å². The van der Waals surface area contributed by atoms with Crippen molar-refractivity contribution in [3.63, 3.8) is 0 Å². The number of urea groups is 1. The number of carboxylic acids is 1. The maximum atomic E-state index is 11.9. The first-order valence-electron chi connectivity index (χ1n) is 6.31. The molecule has 1 aromatic heterocycles. The monoisotopic (exact) mass is 292 g/mol. The number of nitrogens with zero attached hydrogens (tertiary/aromatic N) is 2. The molecule has 2 amide bonds. The molecule has 0 saturated heterocycles. The van der Waals surface area contributed by atoms with Crippen LogP contribution in [0.2, 0.25) is 0 Å². The molecule has 0 saturated carbocycles. The van der Waals surface area contributed by atoms with Crippen molar-refractivity contribution in [1.82, 2.24) is 19.8 Å². The summed E-state index contributed by atoms with van der Waals surface area (Å²) >= 11 is 0. The van der Waals surface area contributed by atoms with Crippen LogP contribution in [0, 0.1) is 0 Å². The number of rotatable bonds is 4. The summed E-state index contributed by atoms with van der Waals surface area (Å²) in [4.78, 5) is 38.3. The van der Waals surface area contributed by atoms with Gasteiger partial charge in [-0.05, 0) is 18.2 Å². The van der Waals surface area contributed by atoms with Gasteiger partial charge in [0.1, 0.15) is 0 Å². The van der Waals surface area contributed by atoms with Crippen molar-refractivity contribution in [3.05, 3.63) is 34.2 Å². The van der Waals surface area contributed by atoms with Crippen molar-refractivity contribution in [2.24, 2.45) is 0 Å². The number of benzene rings is 1. The highest BCUT2D eigenvalue weighted by molar-refractivity contribution is 5.92. The second kappa shape index (κ2) is 5.70. The molecule has 0 radical (unpaired) electrons. The Morgan fingerprint density at radius 2 is 2.10 bits per heavy atom. The number of imidazole rings is 1. The van der Waals surface area contributed by atoms with Crippen molar-refractivity contribution < 1.29 is 14.7 Å². The zero-order valence-electron chi connectivity index (χ0n) is 11.7. The lowest BCUT2D eigenvalue weighted by molar-refractivity contribution is 0.0697. The van der Waals surface area contributed by atoms with E-state index >= 15 is 0 Å². The third-order valence-electron chi connectivity index (χ3n) is 3.04. The summed E-state index contributed by atoms with van der Waals surface area (Å²) in [5, 5.41) is 11.6. The van der Waals surface area contributed by atoms with E-state index in [0.29, 0.717) is 11.0 Å². The molecule has 0 atom stereocenters. The van der Waals surface area contributed by atoms with Crippen LogP contribution in [0.4, 0.5) is 4.79 Å². The zero-order chi connectivity index (χ0) is 15.6. The number of aromatic amines is 1. The Kier molecular flexibility index (Phi) is 3.97. The number of hydrogen-bond donors (Lipinski definition) is 3. The van der Waals surface area contributed by atoms with Gasteiger partial charge < -0.3 is 20.3 Å². The molecule has 1 heterocycles. The number of aromatic nitrogens is 2. The van der Waals surface area contributed by atoms with Crippen molar-refractivity contribution in [2.45, 2.75) is 6.54 Å². The number of carbonyl (C=O) groups excluding carboxylic acids is 1. The standard InChI is InChI=1S/C13H16N4O4/c1-16(2)12(20)14-5-6-17-10-7-8(11(18)19)3-4-9(10)15-13(17)21/h3-4,7H,5-6H2,1-2H3,(H,14,20)(H,15,21)(H,18,19). The third-order valence-corrected chi connectivity index (χ3v) is 3.04. The maximum Gasteiger partial charge on any atom is 0.335 e. The number of carbonyl (C=O) groups is 2. The van der Waals surface area contributed by atoms with Gasteiger partial charge in [-0.25, -0.2) is 14.4 Å². The fraction of sp³-hybridized carbons (Fsp3) is 0.308. The summed E-state index contributed by atoms with van der Waals surface area (Å²) in [5.74, 6) is -1.06. The van der Waals surface area contributed by atoms with Crippen molar-refractivity contribution in [3.8, 4) is 0 Å². The lowest BCUT2D eigenvalue weighted by atomic mass is 10.2. The van der Waals surface area contributed by atoms with Gasteiger partial charge in [-0.15, -0.1) is 0 Å². The summed E-state index contributed by atoms with van der Waals surface area (Å²) in [7, 11) is 3.23. The fourth-order valence-electron chi connectivity index (χ4n) is 1.94. The minimum Gasteiger partial charge on any atom is -0.478 e. The van der Waals surface area contributed by atoms with Gasteiger partial charge in [0.25, 0.3) is 0 Å². The van der Waals surface area contributed by atoms with Gasteiger partial charge in [0, 0.05) is 27.2 Å². The Labute approximate surface area is 120 Å². The van der Waals surface area contributed by atoms with Gasteiger partial charge in [0.2, 0.25) is 0 Å². The molecule has 0 bridgehead atoms. The topological polar surface area (TPSA) is 107 Å². The smallest absolute Gasteiger partial charge is 0.335 e. The molecule has 0 aliphatic rings. The molecule has 21 heavy (non-hydrogen) atoms. The van der Waals surface area contributed by atoms with E-state index in [1.165, 1.54) is 21.6 Å². The lowest BCUT2D eigenvalue weighted by Crippen LogP contribution is -2.37. The molecule has 0 unspecified atom stereocenters. The van der Waals surface area contributed by atoms with Crippen LogP contribution >= 0.6 is 0 Å². The van der Waals surface area contributed by atoms with Gasteiger partial charge in [0.05, 0.1) is 16.6 Å². The van der Waals surface area contributed by atoms with E-state index in [2.05, 4.69) is 10.3 Å². The maximum absolute atomic E-state index is 11.9. The predicted octanol–water partition coefficient (Wildman–Crippen LogP) is 0.299. The van der Waals surface area contributed by atoms with Gasteiger partial charge in [0.15, 0.2) is 0 Å². The highest BCUT2D eigenvalue weighted by Gasteiger charge is 2.11. The molecule has 0 aliphatic heterocycles. The van der Waals surface area contributed by atoms with Crippen molar-refractivity contribution in [2.75, 3.05) is 20.6 Å². The highest BCUT2D eigenvalue weighted by Crippen LogP contribution is 2.12. The second-order valence-corrected chi connectivity index (χ2v) is 4.75. The first kappa shape index (κ1) is 14.6. The molecule has 2 aromatic rings. The molecule has 8 heteroatoms. The van der Waals surface area contributed by atoms with Crippen LogP contribution in [0.15, 0.2) is 23.0 Å². The molecule has 8 nitrogen and oxygen atoms in total. The van der Waals surface area contributed by atoms with Gasteiger partial charge >= 0.3 is 17.7 Å². The normalized spacial score (nSPS) is 10.6. The van der Waals surface area contributed by atoms with E-state index in [9.17, 15) is 14.4 Å². The first-order chi connectivity index (χ1) is 9.90. The molecular weight excluding hydrogens is 276 g/mol. The van der Waals surface area contributed by atoms with Crippen LogP contribution in [-0.2, 0) is 6.54 Å². The second-order valence-electron chi connectivity index (χ2n) is 4.75. The van der Waals surface area contributed by atoms with Crippen molar-refractivity contribution >= 4 is 23.0 Å². The number of amides is 2. The zero-order valence-corrected chi connectivity index (χ0v) is 11.7. The minimum absolute atomic E-state index is 0.104. The predicted molar refractivity (Wildman–Crippen MR) is 76.6 cm³/mol. The Bertz CT molecular complexity index is 744. The molecule has 0 aliphatic carbocycles. The SMILES string of the molecule is CN(C)C(=O)NCCn1c(=O)[nH]c2ccc(C(=O)O)cc21. The Morgan fingerprint density at radius 1 is 1.38 bits per heavy atom. The quantitative estimate of drug-likeness (QED) is 0.753. The summed E-state index contributed by atoms with van der Waals surface area (Å²) in [5.41, 5.74) is 0.821. The number of nitrogens with one attached hydrogen (secondary N) is 2. The van der Waals surface area contributed by atoms with Gasteiger partial charge in [-0.2, -0.15) is 0 Å². The first-order valence-corrected chi connectivity index (χ1v) is 6.31. The number of H-pyrrole nitrogens is 1. The summed E-state index contributed by atoms with van der Waals surface area (Å²) in [6, 6.07) is 4.16. The molecule has 112 valence electrons. The van der Waals surface area contributed by atoms with Gasteiger partial charge in [-0.3, -0.25) is 4.57 Å². The molecule has 0 fully saturated rings. The van der Waals surface area contributed by atoms with Crippen molar-refractivity contribution in [1.29, 1.82) is 0 Å². The molecule has 0 spiro atoms. The average Bonchev–Trinajstić information content (AvgIpc) is 2.73. The van der Waals surface area contributed by atoms with E-state index in [4.69, 9.17) is 5.11 Å². The van der Waals surface area contributed by atoms with Crippen LogP contribution < -0.4 is 11.0 Å². The largest absolute Gasteiger partial charge is 0.478 e. The van der Waals surface area contributed by atoms with Crippen LogP contribution in [0.5, 0.6) is 0 Å². The molecule has 3 N–H and O–H groups in total. The van der Waals surface area contributed by atoms with E-state index < -0.39 is 5.97 Å².